The third kappa shape index (κ3) is 3.14. The molecule has 2 rings (SSSR count). The summed E-state index contributed by atoms with van der Waals surface area (Å²) < 4.78 is 6.35. The Hall–Kier alpha value is -2.55. The van der Waals surface area contributed by atoms with Crippen molar-refractivity contribution in [2.45, 2.75) is 13.8 Å². The van der Waals surface area contributed by atoms with Crippen molar-refractivity contribution in [2.24, 2.45) is 0 Å². The molecule has 1 N–H and O–H groups in total. The normalized spacial score (nSPS) is 10.6. The fraction of sp³-hybridized carbons (Fsp3) is 0.417. The number of hydrogen-bond donors (Lipinski definition) is 1. The SMILES string of the molecule is COCCNc1ncnc(-n2nc(C)cc2C)c1[N+](=O)[O-]. The van der Waals surface area contributed by atoms with Crippen molar-refractivity contribution < 1.29 is 9.66 Å². The molecule has 0 aliphatic rings. The maximum absolute atomic E-state index is 11.4. The monoisotopic (exact) mass is 292 g/mol. The van der Waals surface area contributed by atoms with Crippen LogP contribution < -0.4 is 5.32 Å². The Balaban J connectivity index is 2.48. The molecular weight excluding hydrogens is 276 g/mol. The van der Waals surface area contributed by atoms with Crippen LogP contribution >= 0.6 is 0 Å². The number of aryl methyl sites for hydroxylation is 2. The van der Waals surface area contributed by atoms with Gasteiger partial charge < -0.3 is 10.1 Å². The Bertz CT molecular complexity index is 654. The van der Waals surface area contributed by atoms with Crippen LogP contribution in [0.25, 0.3) is 5.82 Å². The summed E-state index contributed by atoms with van der Waals surface area (Å²) in [5.74, 6) is 0.287. The van der Waals surface area contributed by atoms with Gasteiger partial charge in [-0.25, -0.2) is 14.6 Å². The lowest BCUT2D eigenvalue weighted by atomic mass is 10.4. The summed E-state index contributed by atoms with van der Waals surface area (Å²) >= 11 is 0. The predicted octanol–water partition coefficient (Wildman–Crippen LogP) is 1.25. The number of nitrogens with zero attached hydrogens (tertiary/aromatic N) is 5. The third-order valence-electron chi connectivity index (χ3n) is 2.79. The van der Waals surface area contributed by atoms with Crippen LogP contribution in [0.3, 0.4) is 0 Å². The summed E-state index contributed by atoms with van der Waals surface area (Å²) in [5, 5.41) is 18.5. The van der Waals surface area contributed by atoms with E-state index in [0.29, 0.717) is 13.2 Å². The van der Waals surface area contributed by atoms with Crippen LogP contribution in [0, 0.1) is 24.0 Å². The number of rotatable bonds is 6. The van der Waals surface area contributed by atoms with Crippen LogP contribution in [-0.4, -0.2) is 44.9 Å². The zero-order valence-electron chi connectivity index (χ0n) is 12.0. The van der Waals surface area contributed by atoms with E-state index in [2.05, 4.69) is 20.4 Å². The summed E-state index contributed by atoms with van der Waals surface area (Å²) in [6.45, 7) is 4.44. The first kappa shape index (κ1) is 14.9. The van der Waals surface area contributed by atoms with Gasteiger partial charge in [-0.05, 0) is 19.9 Å². The van der Waals surface area contributed by atoms with Crippen LogP contribution in [0.4, 0.5) is 11.5 Å². The van der Waals surface area contributed by atoms with E-state index in [9.17, 15) is 10.1 Å². The van der Waals surface area contributed by atoms with Crippen molar-refractivity contribution in [2.75, 3.05) is 25.6 Å². The molecule has 0 atom stereocenters. The second-order valence-corrected chi connectivity index (χ2v) is 4.41. The second-order valence-electron chi connectivity index (χ2n) is 4.41. The van der Waals surface area contributed by atoms with E-state index in [1.165, 1.54) is 11.0 Å². The fourth-order valence-corrected chi connectivity index (χ4v) is 1.94. The number of hydrogen-bond acceptors (Lipinski definition) is 7. The minimum Gasteiger partial charge on any atom is -0.383 e. The molecule has 0 aliphatic carbocycles. The molecule has 0 saturated carbocycles. The molecule has 21 heavy (non-hydrogen) atoms. The second kappa shape index (κ2) is 6.27. The Morgan fingerprint density at radius 1 is 1.43 bits per heavy atom. The van der Waals surface area contributed by atoms with E-state index in [4.69, 9.17) is 4.74 Å². The standard InChI is InChI=1S/C12H16N6O3/c1-8-6-9(2)17(16-8)12-10(18(19)20)11(14-7-15-12)13-4-5-21-3/h6-7H,4-5H2,1-3H3,(H,13,14,15). The Morgan fingerprint density at radius 3 is 2.76 bits per heavy atom. The van der Waals surface area contributed by atoms with Crippen molar-refractivity contribution in [3.63, 3.8) is 0 Å². The minimum atomic E-state index is -0.513. The molecule has 0 spiro atoms. The van der Waals surface area contributed by atoms with Crippen molar-refractivity contribution in [3.8, 4) is 5.82 Å². The van der Waals surface area contributed by atoms with Crippen LogP contribution in [0.5, 0.6) is 0 Å². The van der Waals surface area contributed by atoms with E-state index in [-0.39, 0.29) is 17.3 Å². The predicted molar refractivity (Wildman–Crippen MR) is 75.6 cm³/mol. The molecule has 112 valence electrons. The van der Waals surface area contributed by atoms with E-state index in [1.807, 2.05) is 19.9 Å². The Kier molecular flexibility index (Phi) is 4.43. The molecule has 0 bridgehead atoms. The molecule has 0 amide bonds. The zero-order chi connectivity index (χ0) is 15.4. The van der Waals surface area contributed by atoms with Gasteiger partial charge in [0.25, 0.3) is 0 Å². The molecule has 2 aromatic heterocycles. The molecule has 0 fully saturated rings. The van der Waals surface area contributed by atoms with Gasteiger partial charge in [0.1, 0.15) is 6.33 Å². The van der Waals surface area contributed by atoms with Gasteiger partial charge in [-0.1, -0.05) is 0 Å². The van der Waals surface area contributed by atoms with Crippen LogP contribution in [0.15, 0.2) is 12.4 Å². The topological polar surface area (TPSA) is 108 Å². The van der Waals surface area contributed by atoms with E-state index in [0.717, 1.165) is 11.4 Å². The lowest BCUT2D eigenvalue weighted by Crippen LogP contribution is -2.14. The molecule has 0 aromatic carbocycles. The van der Waals surface area contributed by atoms with Crippen molar-refractivity contribution in [1.29, 1.82) is 0 Å². The lowest BCUT2D eigenvalue weighted by molar-refractivity contribution is -0.384. The number of anilines is 1. The first-order valence-electron chi connectivity index (χ1n) is 6.30. The van der Waals surface area contributed by atoms with Gasteiger partial charge in [0.2, 0.25) is 11.6 Å². The Labute approximate surface area is 121 Å². The first-order valence-corrected chi connectivity index (χ1v) is 6.30. The van der Waals surface area contributed by atoms with Gasteiger partial charge in [-0.2, -0.15) is 5.10 Å². The molecule has 0 saturated heterocycles. The highest BCUT2D eigenvalue weighted by Gasteiger charge is 2.25. The molecule has 2 aromatic rings. The van der Waals surface area contributed by atoms with Crippen LogP contribution in [0.1, 0.15) is 11.4 Å². The first-order chi connectivity index (χ1) is 10.0. The average Bonchev–Trinajstić information content (AvgIpc) is 2.77. The molecule has 9 heteroatoms. The lowest BCUT2D eigenvalue weighted by Gasteiger charge is -2.09. The number of nitrogens with one attached hydrogen (secondary N) is 1. The van der Waals surface area contributed by atoms with Crippen LogP contribution in [-0.2, 0) is 4.74 Å². The number of ether oxygens (including phenoxy) is 1. The molecular formula is C12H16N6O3. The van der Waals surface area contributed by atoms with Gasteiger partial charge in [-0.3, -0.25) is 10.1 Å². The number of aromatic nitrogens is 4. The summed E-state index contributed by atoms with van der Waals surface area (Å²) in [6.07, 6.45) is 1.27. The molecule has 2 heterocycles. The summed E-state index contributed by atoms with van der Waals surface area (Å²) in [4.78, 5) is 18.8. The van der Waals surface area contributed by atoms with Gasteiger partial charge in [0.05, 0.1) is 17.2 Å². The summed E-state index contributed by atoms with van der Waals surface area (Å²) in [7, 11) is 1.55. The molecule has 9 nitrogen and oxygen atoms in total. The zero-order valence-corrected chi connectivity index (χ0v) is 12.0. The van der Waals surface area contributed by atoms with Gasteiger partial charge in [-0.15, -0.1) is 0 Å². The van der Waals surface area contributed by atoms with Crippen molar-refractivity contribution >= 4 is 11.5 Å². The number of nitro groups is 1. The summed E-state index contributed by atoms with van der Waals surface area (Å²) in [5.41, 5.74) is 1.31. The largest absolute Gasteiger partial charge is 0.383 e. The maximum atomic E-state index is 11.4. The quantitative estimate of drug-likeness (QED) is 0.485. The van der Waals surface area contributed by atoms with Crippen molar-refractivity contribution in [3.05, 3.63) is 33.9 Å². The van der Waals surface area contributed by atoms with Gasteiger partial charge >= 0.3 is 5.69 Å². The molecule has 0 unspecified atom stereocenters. The number of methoxy groups -OCH3 is 1. The van der Waals surface area contributed by atoms with Gasteiger partial charge in [0, 0.05) is 19.3 Å². The minimum absolute atomic E-state index is 0.139. The smallest absolute Gasteiger partial charge is 0.355 e. The van der Waals surface area contributed by atoms with E-state index < -0.39 is 4.92 Å². The van der Waals surface area contributed by atoms with Gasteiger partial charge in [0.15, 0.2) is 0 Å². The average molecular weight is 292 g/mol. The van der Waals surface area contributed by atoms with Crippen LogP contribution in [0.2, 0.25) is 0 Å². The maximum Gasteiger partial charge on any atom is 0.355 e. The highest BCUT2D eigenvalue weighted by Crippen LogP contribution is 2.28. The van der Waals surface area contributed by atoms with Crippen molar-refractivity contribution in [1.82, 2.24) is 19.7 Å². The third-order valence-corrected chi connectivity index (χ3v) is 2.79. The molecule has 0 radical (unpaired) electrons. The summed E-state index contributed by atoms with van der Waals surface area (Å²) in [6, 6.07) is 1.82. The highest BCUT2D eigenvalue weighted by molar-refractivity contribution is 5.64. The Morgan fingerprint density at radius 2 is 2.19 bits per heavy atom. The van der Waals surface area contributed by atoms with E-state index in [1.54, 1.807) is 7.11 Å². The molecule has 0 aliphatic heterocycles. The highest BCUT2D eigenvalue weighted by atomic mass is 16.6. The fourth-order valence-electron chi connectivity index (χ4n) is 1.94. The van der Waals surface area contributed by atoms with E-state index >= 15 is 0 Å².